The Hall–Kier alpha value is -3.00. The first kappa shape index (κ1) is 23.2. The number of H-pyrrole nitrogens is 1. The van der Waals surface area contributed by atoms with Gasteiger partial charge < -0.3 is 9.72 Å². The lowest BCUT2D eigenvalue weighted by Gasteiger charge is -2.08. The smallest absolute Gasteiger partial charge is 0.281 e. The molecule has 0 saturated heterocycles. The Labute approximate surface area is 201 Å². The third-order valence-electron chi connectivity index (χ3n) is 5.03. The third-order valence-corrected chi connectivity index (χ3v) is 7.08. The Kier molecular flexibility index (Phi) is 6.38. The number of hydrogen-bond donors (Lipinski definition) is 2. The van der Waals surface area contributed by atoms with Crippen LogP contribution in [0.25, 0.3) is 10.9 Å². The van der Waals surface area contributed by atoms with Crippen molar-refractivity contribution < 1.29 is 17.9 Å². The Balaban J connectivity index is 1.53. The van der Waals surface area contributed by atoms with Crippen molar-refractivity contribution in [3.05, 3.63) is 88.0 Å². The summed E-state index contributed by atoms with van der Waals surface area (Å²) in [6.07, 6.45) is 0. The van der Waals surface area contributed by atoms with E-state index >= 15 is 0 Å². The van der Waals surface area contributed by atoms with E-state index in [0.717, 1.165) is 5.39 Å². The third kappa shape index (κ3) is 5.16. The minimum Gasteiger partial charge on any atom is -0.457 e. The molecular formula is C24H20Cl2N2O4S. The number of ether oxygens (including phenoxy) is 1. The summed E-state index contributed by atoms with van der Waals surface area (Å²) < 4.78 is 33.1. The quantitative estimate of drug-likeness (QED) is 0.314. The molecule has 0 spiro atoms. The molecule has 0 fully saturated rings. The van der Waals surface area contributed by atoms with Gasteiger partial charge in [-0.2, -0.15) is 0 Å². The zero-order chi connectivity index (χ0) is 23.8. The average Bonchev–Trinajstić information content (AvgIpc) is 3.17. The van der Waals surface area contributed by atoms with Crippen molar-refractivity contribution in [2.24, 2.45) is 0 Å². The van der Waals surface area contributed by atoms with E-state index in [4.69, 9.17) is 27.9 Å². The van der Waals surface area contributed by atoms with Crippen LogP contribution in [0.3, 0.4) is 0 Å². The normalized spacial score (nSPS) is 11.7. The predicted octanol–water partition coefficient (Wildman–Crippen LogP) is 6.51. The lowest BCUT2D eigenvalue weighted by Crippen LogP contribution is -2.31. The van der Waals surface area contributed by atoms with Gasteiger partial charge in [0.1, 0.15) is 22.1 Å². The van der Waals surface area contributed by atoms with Crippen molar-refractivity contribution in [3.8, 4) is 11.5 Å². The summed E-state index contributed by atoms with van der Waals surface area (Å²) >= 11 is 11.8. The van der Waals surface area contributed by atoms with Crippen LogP contribution in [0.1, 0.15) is 35.8 Å². The van der Waals surface area contributed by atoms with Crippen LogP contribution in [0.4, 0.5) is 0 Å². The molecule has 0 aliphatic heterocycles. The van der Waals surface area contributed by atoms with Gasteiger partial charge in [-0.25, -0.2) is 13.1 Å². The summed E-state index contributed by atoms with van der Waals surface area (Å²) in [6, 6.07) is 18.6. The minimum atomic E-state index is -4.19. The summed E-state index contributed by atoms with van der Waals surface area (Å²) in [5.74, 6) is 0.880. The highest BCUT2D eigenvalue weighted by molar-refractivity contribution is 7.90. The molecular weight excluding hydrogens is 483 g/mol. The SMILES string of the molecule is CC(C)c1ccc(Oc2ccc3cc(C(=O)NS(=O)(=O)c4ccc(Cl)cc4Cl)[nH]c3c2)cc1. The molecule has 1 amide bonds. The molecule has 9 heteroatoms. The maximum atomic E-state index is 12.6. The second-order valence-corrected chi connectivity index (χ2v) is 10.3. The number of sulfonamides is 1. The molecule has 33 heavy (non-hydrogen) atoms. The fourth-order valence-electron chi connectivity index (χ4n) is 3.27. The standard InChI is InChI=1S/C24H20Cl2N2O4S/c1-14(2)15-3-7-18(8-4-15)32-19-9-5-16-11-22(27-21(16)13-19)24(29)28-33(30,31)23-10-6-17(25)12-20(23)26/h3-14,27H,1-2H3,(H,28,29). The molecule has 0 unspecified atom stereocenters. The number of nitrogens with one attached hydrogen (secondary N) is 2. The van der Waals surface area contributed by atoms with Gasteiger partial charge >= 0.3 is 0 Å². The highest BCUT2D eigenvalue weighted by atomic mass is 35.5. The van der Waals surface area contributed by atoms with Crippen molar-refractivity contribution in [2.45, 2.75) is 24.7 Å². The minimum absolute atomic E-state index is 0.0806. The van der Waals surface area contributed by atoms with E-state index in [2.05, 4.69) is 18.8 Å². The number of hydrogen-bond acceptors (Lipinski definition) is 4. The monoisotopic (exact) mass is 502 g/mol. The van der Waals surface area contributed by atoms with E-state index in [-0.39, 0.29) is 20.6 Å². The average molecular weight is 503 g/mol. The topological polar surface area (TPSA) is 88.3 Å². The number of carbonyl (C=O) groups is 1. The lowest BCUT2D eigenvalue weighted by atomic mass is 10.0. The molecule has 0 bridgehead atoms. The number of amides is 1. The van der Waals surface area contributed by atoms with Gasteiger partial charge in [-0.1, -0.05) is 49.2 Å². The highest BCUT2D eigenvalue weighted by Gasteiger charge is 2.22. The first-order valence-electron chi connectivity index (χ1n) is 10.1. The van der Waals surface area contributed by atoms with Gasteiger partial charge in [0.15, 0.2) is 0 Å². The fraction of sp³-hybridized carbons (Fsp3) is 0.125. The number of aromatic nitrogens is 1. The maximum Gasteiger partial charge on any atom is 0.281 e. The summed E-state index contributed by atoms with van der Waals surface area (Å²) in [6.45, 7) is 4.25. The Morgan fingerprint density at radius 1 is 0.939 bits per heavy atom. The van der Waals surface area contributed by atoms with Crippen LogP contribution in [0.5, 0.6) is 11.5 Å². The van der Waals surface area contributed by atoms with E-state index < -0.39 is 15.9 Å². The molecule has 0 radical (unpaired) electrons. The molecule has 3 aromatic carbocycles. The number of halogens is 2. The summed E-state index contributed by atoms with van der Waals surface area (Å²) in [7, 11) is -4.19. The van der Waals surface area contributed by atoms with Crippen molar-refractivity contribution in [3.63, 3.8) is 0 Å². The molecule has 4 rings (SSSR count). The number of fused-ring (bicyclic) bond motifs is 1. The summed E-state index contributed by atoms with van der Waals surface area (Å²) in [4.78, 5) is 15.3. The second-order valence-electron chi connectivity index (χ2n) is 7.77. The largest absolute Gasteiger partial charge is 0.457 e. The lowest BCUT2D eigenvalue weighted by molar-refractivity contribution is 0.0977. The van der Waals surface area contributed by atoms with Crippen LogP contribution in [-0.4, -0.2) is 19.3 Å². The highest BCUT2D eigenvalue weighted by Crippen LogP contribution is 2.28. The Bertz CT molecular complexity index is 1450. The van der Waals surface area contributed by atoms with E-state index in [1.54, 1.807) is 24.3 Å². The van der Waals surface area contributed by atoms with Gasteiger partial charge in [0, 0.05) is 22.0 Å². The Morgan fingerprint density at radius 2 is 1.64 bits per heavy atom. The maximum absolute atomic E-state index is 12.6. The predicted molar refractivity (Wildman–Crippen MR) is 130 cm³/mol. The van der Waals surface area contributed by atoms with Crippen LogP contribution in [0.15, 0.2) is 71.6 Å². The van der Waals surface area contributed by atoms with E-state index in [1.807, 2.05) is 29.0 Å². The van der Waals surface area contributed by atoms with Crippen molar-refractivity contribution in [1.82, 2.24) is 9.71 Å². The fourth-order valence-corrected chi connectivity index (χ4v) is 5.01. The number of aromatic amines is 1. The van der Waals surface area contributed by atoms with Crippen LogP contribution < -0.4 is 9.46 Å². The van der Waals surface area contributed by atoms with E-state index in [9.17, 15) is 13.2 Å². The van der Waals surface area contributed by atoms with Crippen molar-refractivity contribution in [2.75, 3.05) is 0 Å². The summed E-state index contributed by atoms with van der Waals surface area (Å²) in [5.41, 5.74) is 1.92. The molecule has 0 aliphatic rings. The zero-order valence-electron chi connectivity index (χ0n) is 17.7. The molecule has 1 heterocycles. The van der Waals surface area contributed by atoms with Crippen LogP contribution in [-0.2, 0) is 10.0 Å². The van der Waals surface area contributed by atoms with Gasteiger partial charge in [-0.15, -0.1) is 0 Å². The van der Waals surface area contributed by atoms with E-state index in [0.29, 0.717) is 22.9 Å². The molecule has 0 aliphatic carbocycles. The van der Waals surface area contributed by atoms with Crippen LogP contribution >= 0.6 is 23.2 Å². The molecule has 0 atom stereocenters. The number of benzene rings is 3. The molecule has 1 aromatic heterocycles. The first-order chi connectivity index (χ1) is 15.6. The van der Waals surface area contributed by atoms with Gasteiger partial charge in [0.2, 0.25) is 0 Å². The van der Waals surface area contributed by atoms with Gasteiger partial charge in [-0.3, -0.25) is 4.79 Å². The van der Waals surface area contributed by atoms with Crippen LogP contribution in [0, 0.1) is 0 Å². The van der Waals surface area contributed by atoms with Crippen molar-refractivity contribution in [1.29, 1.82) is 0 Å². The molecule has 2 N–H and O–H groups in total. The molecule has 6 nitrogen and oxygen atoms in total. The van der Waals surface area contributed by atoms with Crippen molar-refractivity contribution >= 4 is 50.0 Å². The molecule has 170 valence electrons. The number of rotatable bonds is 6. The van der Waals surface area contributed by atoms with Gasteiger partial charge in [-0.05, 0) is 60.0 Å². The van der Waals surface area contributed by atoms with E-state index in [1.165, 1.54) is 23.8 Å². The molecule has 0 saturated carbocycles. The zero-order valence-corrected chi connectivity index (χ0v) is 20.1. The van der Waals surface area contributed by atoms with Gasteiger partial charge in [0.25, 0.3) is 15.9 Å². The number of carbonyl (C=O) groups excluding carboxylic acids is 1. The summed E-state index contributed by atoms with van der Waals surface area (Å²) in [5, 5.41) is 0.932. The second kappa shape index (κ2) is 9.09. The Morgan fingerprint density at radius 3 is 2.30 bits per heavy atom. The first-order valence-corrected chi connectivity index (χ1v) is 12.3. The van der Waals surface area contributed by atoms with Gasteiger partial charge in [0.05, 0.1) is 5.02 Å². The van der Waals surface area contributed by atoms with Crippen LogP contribution in [0.2, 0.25) is 10.0 Å². The molecule has 4 aromatic rings.